The first-order valence-electron chi connectivity index (χ1n) is 9.49. The number of hydrogen-bond donors (Lipinski definition) is 1. The minimum absolute atomic E-state index is 0.0811. The van der Waals surface area contributed by atoms with Gasteiger partial charge in [-0.1, -0.05) is 31.5 Å². The number of rotatable bonds is 4. The minimum Gasteiger partial charge on any atom is -0.310 e. The van der Waals surface area contributed by atoms with E-state index in [1.54, 1.807) is 15.6 Å². The first kappa shape index (κ1) is 18.8. The van der Waals surface area contributed by atoms with Gasteiger partial charge >= 0.3 is 0 Å². The normalized spacial score (nSPS) is 11.4. The maximum absolute atomic E-state index is 12.2. The number of nitrogens with one attached hydrogen (secondary N) is 1. The largest absolute Gasteiger partial charge is 0.310 e. The van der Waals surface area contributed by atoms with Gasteiger partial charge in [0.25, 0.3) is 0 Å². The Labute approximate surface area is 168 Å². The molecule has 0 fully saturated rings. The Morgan fingerprint density at radius 3 is 2.59 bits per heavy atom. The van der Waals surface area contributed by atoms with E-state index in [0.29, 0.717) is 17.3 Å². The average Bonchev–Trinajstić information content (AvgIpc) is 3.25. The van der Waals surface area contributed by atoms with Crippen molar-refractivity contribution in [1.29, 1.82) is 0 Å². The van der Waals surface area contributed by atoms with Gasteiger partial charge in [-0.3, -0.25) is 4.79 Å². The molecule has 3 aromatic heterocycles. The van der Waals surface area contributed by atoms with Gasteiger partial charge in [0.05, 0.1) is 23.0 Å². The van der Waals surface area contributed by atoms with Crippen LogP contribution in [0.4, 0.5) is 5.82 Å². The molecule has 4 aromatic rings. The van der Waals surface area contributed by atoms with E-state index in [-0.39, 0.29) is 11.8 Å². The molecule has 0 unspecified atom stereocenters. The molecule has 0 aliphatic rings. The fourth-order valence-corrected chi connectivity index (χ4v) is 3.24. The number of anilines is 1. The molecule has 0 aliphatic carbocycles. The molecule has 0 spiro atoms. The number of aryl methyl sites for hydroxylation is 3. The summed E-state index contributed by atoms with van der Waals surface area (Å²) < 4.78 is 3.44. The number of hydrogen-bond acceptors (Lipinski definition) is 5. The van der Waals surface area contributed by atoms with Gasteiger partial charge < -0.3 is 5.32 Å². The van der Waals surface area contributed by atoms with E-state index in [1.165, 1.54) is 11.9 Å². The van der Waals surface area contributed by atoms with E-state index in [4.69, 9.17) is 0 Å². The highest BCUT2D eigenvalue weighted by Gasteiger charge is 2.18. The van der Waals surface area contributed by atoms with Gasteiger partial charge in [0.1, 0.15) is 12.1 Å². The van der Waals surface area contributed by atoms with E-state index in [0.717, 1.165) is 22.3 Å². The van der Waals surface area contributed by atoms with Crippen molar-refractivity contribution in [3.05, 3.63) is 53.6 Å². The van der Waals surface area contributed by atoms with Crippen molar-refractivity contribution in [1.82, 2.24) is 29.5 Å². The highest BCUT2D eigenvalue weighted by Crippen LogP contribution is 2.25. The van der Waals surface area contributed by atoms with Crippen molar-refractivity contribution in [3.8, 4) is 11.5 Å². The number of amides is 1. The Morgan fingerprint density at radius 1 is 1.07 bits per heavy atom. The van der Waals surface area contributed by atoms with Crippen LogP contribution in [-0.4, -0.2) is 35.4 Å². The predicted molar refractivity (Wildman–Crippen MR) is 111 cm³/mol. The standard InChI is InChI=1S/C21H23N7O/c1-12(2)21(29)25-18-9-15(5)26-28(18)20-16-10-24-27(19(16)22-11-23-20)17-7-6-13(3)8-14(17)4/h6-12H,1-5H3,(H,25,29). The van der Waals surface area contributed by atoms with Crippen LogP contribution in [0.15, 0.2) is 36.8 Å². The number of carbonyl (C=O) groups is 1. The Bertz CT molecular complexity index is 1220. The molecule has 0 saturated heterocycles. The molecule has 0 radical (unpaired) electrons. The molecule has 8 nitrogen and oxygen atoms in total. The van der Waals surface area contributed by atoms with Crippen molar-refractivity contribution >= 4 is 22.8 Å². The van der Waals surface area contributed by atoms with Crippen LogP contribution in [0.3, 0.4) is 0 Å². The van der Waals surface area contributed by atoms with E-state index >= 15 is 0 Å². The molecule has 0 aliphatic heterocycles. The number of fused-ring (bicyclic) bond motifs is 1. The molecular formula is C21H23N7O. The first-order valence-corrected chi connectivity index (χ1v) is 9.49. The van der Waals surface area contributed by atoms with Crippen LogP contribution < -0.4 is 5.32 Å². The van der Waals surface area contributed by atoms with Gasteiger partial charge in [-0.2, -0.15) is 14.9 Å². The predicted octanol–water partition coefficient (Wildman–Crippen LogP) is 3.52. The fraction of sp³-hybridized carbons (Fsp3) is 0.286. The third kappa shape index (κ3) is 3.37. The monoisotopic (exact) mass is 389 g/mol. The molecule has 148 valence electrons. The summed E-state index contributed by atoms with van der Waals surface area (Å²) >= 11 is 0. The van der Waals surface area contributed by atoms with Gasteiger partial charge in [0.15, 0.2) is 11.5 Å². The molecule has 29 heavy (non-hydrogen) atoms. The lowest BCUT2D eigenvalue weighted by molar-refractivity contribution is -0.118. The number of carbonyl (C=O) groups excluding carboxylic acids is 1. The zero-order chi connectivity index (χ0) is 20.7. The molecule has 0 saturated carbocycles. The van der Waals surface area contributed by atoms with Crippen LogP contribution >= 0.6 is 0 Å². The summed E-state index contributed by atoms with van der Waals surface area (Å²) in [5, 5.41) is 12.8. The molecule has 0 atom stereocenters. The lowest BCUT2D eigenvalue weighted by atomic mass is 10.1. The number of aromatic nitrogens is 6. The smallest absolute Gasteiger partial charge is 0.228 e. The number of benzene rings is 1. The van der Waals surface area contributed by atoms with Crippen LogP contribution in [0.2, 0.25) is 0 Å². The third-order valence-electron chi connectivity index (χ3n) is 4.73. The molecule has 8 heteroatoms. The topological polar surface area (TPSA) is 90.5 Å². The molecule has 3 heterocycles. The van der Waals surface area contributed by atoms with Crippen molar-refractivity contribution in [2.24, 2.45) is 5.92 Å². The van der Waals surface area contributed by atoms with E-state index < -0.39 is 0 Å². The molecule has 1 N–H and O–H groups in total. The zero-order valence-corrected chi connectivity index (χ0v) is 17.1. The summed E-state index contributed by atoms with van der Waals surface area (Å²) in [6.45, 7) is 9.68. The van der Waals surface area contributed by atoms with Crippen molar-refractivity contribution in [3.63, 3.8) is 0 Å². The fourth-order valence-electron chi connectivity index (χ4n) is 3.24. The molecule has 4 rings (SSSR count). The third-order valence-corrected chi connectivity index (χ3v) is 4.73. The van der Waals surface area contributed by atoms with Gasteiger partial charge in [0.2, 0.25) is 5.91 Å². The van der Waals surface area contributed by atoms with Crippen molar-refractivity contribution < 1.29 is 4.79 Å². The van der Waals surface area contributed by atoms with Crippen molar-refractivity contribution in [2.45, 2.75) is 34.6 Å². The van der Waals surface area contributed by atoms with E-state index in [1.807, 2.05) is 45.9 Å². The highest BCUT2D eigenvalue weighted by atomic mass is 16.1. The lowest BCUT2D eigenvalue weighted by Gasteiger charge is -2.11. The maximum atomic E-state index is 12.2. The first-order chi connectivity index (χ1) is 13.8. The average molecular weight is 389 g/mol. The van der Waals surface area contributed by atoms with Crippen LogP contribution in [-0.2, 0) is 4.79 Å². The van der Waals surface area contributed by atoms with Gasteiger partial charge in [-0.25, -0.2) is 14.6 Å². The zero-order valence-electron chi connectivity index (χ0n) is 17.1. The molecule has 1 aromatic carbocycles. The summed E-state index contributed by atoms with van der Waals surface area (Å²) in [6, 6.07) is 8.02. The highest BCUT2D eigenvalue weighted by molar-refractivity contribution is 5.92. The Morgan fingerprint density at radius 2 is 1.86 bits per heavy atom. The van der Waals surface area contributed by atoms with Gasteiger partial charge in [-0.15, -0.1) is 0 Å². The van der Waals surface area contributed by atoms with E-state index in [2.05, 4.69) is 38.5 Å². The summed E-state index contributed by atoms with van der Waals surface area (Å²) in [7, 11) is 0. The second kappa shape index (κ2) is 7.12. The van der Waals surface area contributed by atoms with Gasteiger partial charge in [0, 0.05) is 12.0 Å². The van der Waals surface area contributed by atoms with Gasteiger partial charge in [-0.05, 0) is 32.4 Å². The second-order valence-electron chi connectivity index (χ2n) is 7.51. The van der Waals surface area contributed by atoms with Crippen LogP contribution in [0.25, 0.3) is 22.5 Å². The lowest BCUT2D eigenvalue weighted by Crippen LogP contribution is -2.20. The summed E-state index contributed by atoms with van der Waals surface area (Å²) in [5.41, 5.74) is 4.71. The Balaban J connectivity index is 1.85. The second-order valence-corrected chi connectivity index (χ2v) is 7.51. The SMILES string of the molecule is Cc1ccc(-n2ncc3c(-n4nc(C)cc4NC(=O)C(C)C)ncnc32)c(C)c1. The summed E-state index contributed by atoms with van der Waals surface area (Å²) in [5.74, 6) is 0.914. The van der Waals surface area contributed by atoms with Crippen LogP contribution in [0.5, 0.6) is 0 Å². The Kier molecular flexibility index (Phi) is 4.62. The quantitative estimate of drug-likeness (QED) is 0.577. The molecule has 0 bridgehead atoms. The minimum atomic E-state index is -0.142. The summed E-state index contributed by atoms with van der Waals surface area (Å²) in [6.07, 6.45) is 3.22. The maximum Gasteiger partial charge on any atom is 0.228 e. The summed E-state index contributed by atoms with van der Waals surface area (Å²) in [4.78, 5) is 21.1. The van der Waals surface area contributed by atoms with Crippen LogP contribution in [0, 0.1) is 26.7 Å². The van der Waals surface area contributed by atoms with Crippen molar-refractivity contribution in [2.75, 3.05) is 5.32 Å². The van der Waals surface area contributed by atoms with Crippen LogP contribution in [0.1, 0.15) is 30.7 Å². The molecular weight excluding hydrogens is 366 g/mol. The number of nitrogens with zero attached hydrogens (tertiary/aromatic N) is 6. The Hall–Kier alpha value is -3.55. The molecule has 1 amide bonds. The van der Waals surface area contributed by atoms with E-state index in [9.17, 15) is 4.79 Å².